The zero-order valence-corrected chi connectivity index (χ0v) is 16.7. The number of hydrogen-bond acceptors (Lipinski definition) is 10. The average Bonchev–Trinajstić information content (AvgIpc) is 2.73. The Balaban J connectivity index is 1.96. The van der Waals surface area contributed by atoms with Gasteiger partial charge in [-0.1, -0.05) is 6.07 Å². The van der Waals surface area contributed by atoms with Gasteiger partial charge in [0.25, 0.3) is 0 Å². The van der Waals surface area contributed by atoms with Gasteiger partial charge in [-0.2, -0.15) is 0 Å². The van der Waals surface area contributed by atoms with Gasteiger partial charge in [0.05, 0.1) is 5.56 Å². The standard InChI is InChI=1S/C22H20O10/c1-7(23)32-19-18(28)14-10(24)3-2-8-9-6-12(26)17(27)13-11(25)4-5-21(30,15(9)13)22(31,16(8)14)20(19)29/h2-3,6,18-20,24,26-31H,4-5H2,1H3/t18-,19-,20-,21+,22-/m0/s1. The minimum absolute atomic E-state index is 0.0807. The largest absolute Gasteiger partial charge is 0.508 e. The molecular weight excluding hydrogens is 424 g/mol. The first kappa shape index (κ1) is 20.7. The van der Waals surface area contributed by atoms with E-state index in [-0.39, 0.29) is 40.7 Å². The Morgan fingerprint density at radius 3 is 2.41 bits per heavy atom. The highest BCUT2D eigenvalue weighted by molar-refractivity contribution is 6.05. The van der Waals surface area contributed by atoms with Crippen molar-refractivity contribution < 1.29 is 50.1 Å². The summed E-state index contributed by atoms with van der Waals surface area (Å²) in [6.07, 6.45) is -6.34. The Labute approximate surface area is 180 Å². The molecule has 0 fully saturated rings. The molecule has 10 heteroatoms. The lowest BCUT2D eigenvalue weighted by atomic mass is 9.54. The second-order valence-electron chi connectivity index (χ2n) is 8.48. The lowest BCUT2D eigenvalue weighted by molar-refractivity contribution is -0.263. The maximum Gasteiger partial charge on any atom is 0.303 e. The Morgan fingerprint density at radius 1 is 1.06 bits per heavy atom. The molecule has 5 rings (SSSR count). The summed E-state index contributed by atoms with van der Waals surface area (Å²) in [4.78, 5) is 24.3. The molecule has 3 aliphatic rings. The van der Waals surface area contributed by atoms with Crippen LogP contribution in [0.25, 0.3) is 11.1 Å². The maximum atomic E-state index is 12.7. The van der Waals surface area contributed by atoms with Crippen LogP contribution in [0.3, 0.4) is 0 Å². The number of rotatable bonds is 1. The van der Waals surface area contributed by atoms with Gasteiger partial charge in [0.2, 0.25) is 0 Å². The molecular formula is C22H20O10. The van der Waals surface area contributed by atoms with E-state index in [0.717, 1.165) is 13.0 Å². The normalized spacial score (nSPS) is 32.2. The second kappa shape index (κ2) is 6.20. The fraction of sp³-hybridized carbons (Fsp3) is 0.364. The zero-order valence-electron chi connectivity index (χ0n) is 16.7. The van der Waals surface area contributed by atoms with E-state index in [1.54, 1.807) is 0 Å². The summed E-state index contributed by atoms with van der Waals surface area (Å²) >= 11 is 0. The fourth-order valence-electron chi connectivity index (χ4n) is 5.53. The Hall–Kier alpha value is -3.18. The smallest absolute Gasteiger partial charge is 0.303 e. The highest BCUT2D eigenvalue weighted by Gasteiger charge is 2.68. The zero-order chi connectivity index (χ0) is 23.3. The number of hydrogen-bond donors (Lipinski definition) is 7. The summed E-state index contributed by atoms with van der Waals surface area (Å²) in [6.45, 7) is 1.03. The highest BCUT2D eigenvalue weighted by Crippen LogP contribution is 2.64. The number of phenols is 3. The van der Waals surface area contributed by atoms with Crippen molar-refractivity contribution in [3.05, 3.63) is 40.5 Å². The third kappa shape index (κ3) is 2.17. The first-order valence-electron chi connectivity index (χ1n) is 9.92. The van der Waals surface area contributed by atoms with Crippen molar-refractivity contribution in [3.63, 3.8) is 0 Å². The van der Waals surface area contributed by atoms with Crippen LogP contribution in [-0.4, -0.2) is 59.7 Å². The molecule has 0 spiro atoms. The van der Waals surface area contributed by atoms with Crippen LogP contribution in [0, 0.1) is 0 Å². The van der Waals surface area contributed by atoms with Crippen molar-refractivity contribution in [1.82, 2.24) is 0 Å². The van der Waals surface area contributed by atoms with E-state index in [0.29, 0.717) is 0 Å². The molecule has 2 aromatic rings. The van der Waals surface area contributed by atoms with Gasteiger partial charge in [-0.05, 0) is 29.7 Å². The van der Waals surface area contributed by atoms with Crippen LogP contribution < -0.4 is 0 Å². The van der Waals surface area contributed by atoms with Gasteiger partial charge in [-0.25, -0.2) is 0 Å². The summed E-state index contributed by atoms with van der Waals surface area (Å²) in [7, 11) is 0. The number of aliphatic hydroxyl groups is 4. The van der Waals surface area contributed by atoms with Gasteiger partial charge in [-0.15, -0.1) is 0 Å². The molecule has 0 bridgehead atoms. The van der Waals surface area contributed by atoms with E-state index in [1.807, 2.05) is 0 Å². The van der Waals surface area contributed by atoms with Crippen LogP contribution in [0.1, 0.15) is 52.9 Å². The number of benzene rings is 2. The number of phenolic OH excluding ortho intramolecular Hbond substituents is 3. The van der Waals surface area contributed by atoms with Crippen LogP contribution in [0.2, 0.25) is 0 Å². The van der Waals surface area contributed by atoms with Crippen molar-refractivity contribution >= 4 is 11.8 Å². The third-order valence-electron chi connectivity index (χ3n) is 6.86. The van der Waals surface area contributed by atoms with Gasteiger partial charge >= 0.3 is 5.97 Å². The SMILES string of the molecule is CC(=O)O[C@H]1[C@@H](O)c2c(O)ccc3c2[C@](O)([C@H]1O)[C@@]1(O)CCC(=O)c2c(O)c(O)cc-3c21. The van der Waals surface area contributed by atoms with E-state index in [1.165, 1.54) is 12.1 Å². The van der Waals surface area contributed by atoms with Crippen LogP contribution >= 0.6 is 0 Å². The summed E-state index contributed by atoms with van der Waals surface area (Å²) in [5, 5.41) is 77.0. The van der Waals surface area contributed by atoms with Crippen LogP contribution in [-0.2, 0) is 20.7 Å². The van der Waals surface area contributed by atoms with E-state index in [2.05, 4.69) is 0 Å². The number of carbonyl (C=O) groups is 2. The number of carbonyl (C=O) groups excluding carboxylic acids is 2. The monoisotopic (exact) mass is 444 g/mol. The molecule has 2 aromatic carbocycles. The number of aliphatic hydroxyl groups excluding tert-OH is 2. The van der Waals surface area contributed by atoms with Gasteiger partial charge in [0.15, 0.2) is 29.0 Å². The number of ketones is 1. The second-order valence-corrected chi connectivity index (χ2v) is 8.48. The Kier molecular flexibility index (Phi) is 4.01. The molecule has 7 N–H and O–H groups in total. The predicted octanol–water partition coefficient (Wildman–Crippen LogP) is 0.175. The van der Waals surface area contributed by atoms with Crippen molar-refractivity contribution in [2.45, 2.75) is 49.3 Å². The topological polar surface area (TPSA) is 185 Å². The van der Waals surface area contributed by atoms with Crippen molar-refractivity contribution in [1.29, 1.82) is 0 Å². The molecule has 0 aromatic heterocycles. The highest BCUT2D eigenvalue weighted by atomic mass is 16.6. The summed E-state index contributed by atoms with van der Waals surface area (Å²) in [5.41, 5.74) is -5.96. The third-order valence-corrected chi connectivity index (χ3v) is 6.86. The van der Waals surface area contributed by atoms with Crippen molar-refractivity contribution in [2.24, 2.45) is 0 Å². The van der Waals surface area contributed by atoms with E-state index in [9.17, 15) is 45.3 Å². The molecule has 5 atom stereocenters. The van der Waals surface area contributed by atoms with Gasteiger partial charge in [0.1, 0.15) is 23.6 Å². The molecule has 0 amide bonds. The molecule has 0 heterocycles. The van der Waals surface area contributed by atoms with Crippen LogP contribution in [0.15, 0.2) is 18.2 Å². The fourth-order valence-corrected chi connectivity index (χ4v) is 5.53. The molecule has 10 nitrogen and oxygen atoms in total. The summed E-state index contributed by atoms with van der Waals surface area (Å²) < 4.78 is 5.05. The summed E-state index contributed by atoms with van der Waals surface area (Å²) in [5.74, 6) is -3.38. The maximum absolute atomic E-state index is 12.7. The van der Waals surface area contributed by atoms with Crippen molar-refractivity contribution in [3.8, 4) is 28.4 Å². The van der Waals surface area contributed by atoms with Crippen LogP contribution in [0.5, 0.6) is 17.2 Å². The number of ether oxygens (including phenoxy) is 1. The average molecular weight is 444 g/mol. The van der Waals surface area contributed by atoms with Crippen LogP contribution in [0.4, 0.5) is 0 Å². The number of fused-ring (bicyclic) bond motifs is 2. The van der Waals surface area contributed by atoms with Gasteiger partial charge in [0, 0.05) is 30.0 Å². The lowest BCUT2D eigenvalue weighted by Crippen LogP contribution is -2.66. The van der Waals surface area contributed by atoms with Gasteiger partial charge < -0.3 is 40.5 Å². The molecule has 0 unspecified atom stereocenters. The minimum atomic E-state index is -2.65. The first-order chi connectivity index (χ1) is 14.9. The minimum Gasteiger partial charge on any atom is -0.508 e. The predicted molar refractivity (Wildman–Crippen MR) is 105 cm³/mol. The van der Waals surface area contributed by atoms with Crippen molar-refractivity contribution in [2.75, 3.05) is 0 Å². The van der Waals surface area contributed by atoms with E-state index in [4.69, 9.17) is 4.74 Å². The summed E-state index contributed by atoms with van der Waals surface area (Å²) in [6, 6.07) is 3.61. The molecule has 32 heavy (non-hydrogen) atoms. The number of aromatic hydroxyl groups is 3. The molecule has 0 radical (unpaired) electrons. The number of Topliss-reactive ketones (excluding diaryl/α,β-unsaturated/α-hetero) is 1. The quantitative estimate of drug-likeness (QED) is 0.236. The molecule has 0 saturated carbocycles. The molecule has 168 valence electrons. The van der Waals surface area contributed by atoms with E-state index < -0.39 is 64.1 Å². The van der Waals surface area contributed by atoms with Gasteiger partial charge in [-0.3, -0.25) is 9.59 Å². The Morgan fingerprint density at radius 2 is 1.75 bits per heavy atom. The molecule has 0 aliphatic heterocycles. The number of esters is 1. The molecule has 0 saturated heterocycles. The molecule has 3 aliphatic carbocycles. The van der Waals surface area contributed by atoms with E-state index >= 15 is 0 Å². The Bertz CT molecular complexity index is 1220. The lowest BCUT2D eigenvalue weighted by Gasteiger charge is -2.57. The first-order valence-corrected chi connectivity index (χ1v) is 9.92.